The van der Waals surface area contributed by atoms with E-state index in [0.717, 1.165) is 77.8 Å². The predicted molar refractivity (Wildman–Crippen MR) is 154 cm³/mol. The monoisotopic (exact) mass is 545 g/mol. The van der Waals surface area contributed by atoms with Crippen molar-refractivity contribution in [2.45, 2.75) is 69.4 Å². The van der Waals surface area contributed by atoms with Crippen molar-refractivity contribution >= 4 is 17.4 Å². The number of fused-ring (bicyclic) bond motifs is 3. The highest BCUT2D eigenvalue weighted by atomic mass is 16.2. The van der Waals surface area contributed by atoms with Crippen LogP contribution in [0.25, 0.3) is 28.0 Å². The molecule has 4 aromatic heterocycles. The lowest BCUT2D eigenvalue weighted by molar-refractivity contribution is 0.0557. The number of hydrogen-bond acceptors (Lipinski definition) is 7. The summed E-state index contributed by atoms with van der Waals surface area (Å²) in [5, 5.41) is 12.7. The van der Waals surface area contributed by atoms with E-state index in [1.807, 2.05) is 48.5 Å². The molecule has 1 amide bonds. The van der Waals surface area contributed by atoms with Crippen LogP contribution in [0.3, 0.4) is 0 Å². The number of piperidine rings is 1. The first kappa shape index (κ1) is 24.2. The van der Waals surface area contributed by atoms with Gasteiger partial charge in [-0.3, -0.25) is 9.78 Å². The summed E-state index contributed by atoms with van der Waals surface area (Å²) in [6.07, 6.45) is 9.71. The number of nitrogens with two attached hydrogens (primary N) is 1. The number of nitrogens with zero attached hydrogens (tertiary/aromatic N) is 7. The van der Waals surface area contributed by atoms with Crippen LogP contribution in [0.5, 0.6) is 0 Å². The standard InChI is InChI=1S/C31H31N9O/c1-17-35-29(38-37-17)31(41)39-22-10-11-23(39)14-21(13-22)27-26(19-7-8-19)28(32)40-30(36-27)24(16-34-40)20-9-12-25(33-15-20)18-5-3-2-4-6-18/h2-6,9,12,15-16,19,21-23H,7-8,10-11,13-14,32H2,1H3,(H,35,37,38)/t21?,22-,23?/m1/s1. The maximum Gasteiger partial charge on any atom is 0.292 e. The molecule has 2 unspecified atom stereocenters. The summed E-state index contributed by atoms with van der Waals surface area (Å²) in [6, 6.07) is 14.6. The summed E-state index contributed by atoms with van der Waals surface area (Å²) in [5.41, 5.74) is 13.7. The van der Waals surface area contributed by atoms with Gasteiger partial charge < -0.3 is 15.6 Å². The normalized spacial score (nSPS) is 22.0. The molecule has 1 saturated carbocycles. The van der Waals surface area contributed by atoms with Crippen LogP contribution in [0.1, 0.15) is 78.1 Å². The van der Waals surface area contributed by atoms with E-state index in [9.17, 15) is 4.79 Å². The quantitative estimate of drug-likeness (QED) is 0.321. The van der Waals surface area contributed by atoms with Crippen molar-refractivity contribution in [3.8, 4) is 22.4 Å². The van der Waals surface area contributed by atoms with Gasteiger partial charge in [0.05, 0.1) is 17.6 Å². The van der Waals surface area contributed by atoms with Gasteiger partial charge in [0.25, 0.3) is 5.91 Å². The molecule has 3 N–H and O–H groups in total. The van der Waals surface area contributed by atoms with Gasteiger partial charge in [-0.15, -0.1) is 10.2 Å². The molecule has 6 heterocycles. The smallest absolute Gasteiger partial charge is 0.292 e. The van der Waals surface area contributed by atoms with Gasteiger partial charge in [0, 0.05) is 46.5 Å². The highest BCUT2D eigenvalue weighted by molar-refractivity contribution is 5.91. The zero-order valence-corrected chi connectivity index (χ0v) is 22.9. The fourth-order valence-electron chi connectivity index (χ4n) is 6.98. The Bertz CT molecular complexity index is 1760. The van der Waals surface area contributed by atoms with Crippen molar-refractivity contribution in [3.63, 3.8) is 0 Å². The average Bonchev–Trinajstić information content (AvgIpc) is 3.49. The molecule has 2 aliphatic heterocycles. The number of nitrogens with one attached hydrogen (secondary N) is 1. The Morgan fingerprint density at radius 2 is 1.71 bits per heavy atom. The lowest BCUT2D eigenvalue weighted by Crippen LogP contribution is -2.46. The molecule has 2 saturated heterocycles. The van der Waals surface area contributed by atoms with Crippen molar-refractivity contribution in [3.05, 3.63) is 77.8 Å². The minimum absolute atomic E-state index is 0.0496. The topological polar surface area (TPSA) is 131 Å². The molecule has 3 aliphatic rings. The molecule has 2 bridgehead atoms. The van der Waals surface area contributed by atoms with Crippen LogP contribution in [-0.4, -0.2) is 57.7 Å². The summed E-state index contributed by atoms with van der Waals surface area (Å²) in [6.45, 7) is 1.81. The minimum Gasteiger partial charge on any atom is -0.383 e. The van der Waals surface area contributed by atoms with Crippen molar-refractivity contribution in [2.75, 3.05) is 5.73 Å². The van der Waals surface area contributed by atoms with Gasteiger partial charge in [0.2, 0.25) is 5.82 Å². The van der Waals surface area contributed by atoms with E-state index in [-0.39, 0.29) is 23.9 Å². The number of pyridine rings is 1. The summed E-state index contributed by atoms with van der Waals surface area (Å²) in [4.78, 5) is 28.5. The second-order valence-corrected chi connectivity index (χ2v) is 11.7. The predicted octanol–water partition coefficient (Wildman–Crippen LogP) is 4.90. The molecule has 10 nitrogen and oxygen atoms in total. The molecule has 206 valence electrons. The van der Waals surface area contributed by atoms with Crippen molar-refractivity contribution in [1.82, 2.24) is 39.7 Å². The third-order valence-electron chi connectivity index (χ3n) is 9.04. The maximum absolute atomic E-state index is 13.4. The van der Waals surface area contributed by atoms with Gasteiger partial charge >= 0.3 is 0 Å². The third-order valence-corrected chi connectivity index (χ3v) is 9.04. The number of hydrogen-bond donors (Lipinski definition) is 2. The zero-order chi connectivity index (χ0) is 27.7. The van der Waals surface area contributed by atoms with Crippen LogP contribution in [0.15, 0.2) is 54.9 Å². The second-order valence-electron chi connectivity index (χ2n) is 11.7. The van der Waals surface area contributed by atoms with Gasteiger partial charge in [-0.05, 0) is 57.4 Å². The number of anilines is 1. The molecule has 1 aliphatic carbocycles. The highest BCUT2D eigenvalue weighted by Gasteiger charge is 2.46. The van der Waals surface area contributed by atoms with E-state index < -0.39 is 0 Å². The molecule has 8 rings (SSSR count). The number of amides is 1. The molecule has 0 radical (unpaired) electrons. The van der Waals surface area contributed by atoms with Crippen molar-refractivity contribution < 1.29 is 4.79 Å². The van der Waals surface area contributed by atoms with Crippen LogP contribution in [0.4, 0.5) is 5.82 Å². The second kappa shape index (κ2) is 9.22. The van der Waals surface area contributed by atoms with Gasteiger partial charge in [-0.2, -0.15) is 9.61 Å². The van der Waals surface area contributed by atoms with E-state index in [1.54, 1.807) is 4.52 Å². The fraction of sp³-hybridized carbons (Fsp3) is 0.355. The largest absolute Gasteiger partial charge is 0.383 e. The Hall–Kier alpha value is -4.60. The number of nitrogen functional groups attached to an aromatic ring is 1. The summed E-state index contributed by atoms with van der Waals surface area (Å²) in [7, 11) is 0. The lowest BCUT2D eigenvalue weighted by atomic mass is 9.85. The van der Waals surface area contributed by atoms with Gasteiger partial charge in [0.15, 0.2) is 5.65 Å². The number of aromatic amines is 1. The third kappa shape index (κ3) is 4.00. The van der Waals surface area contributed by atoms with Gasteiger partial charge in [0.1, 0.15) is 11.6 Å². The number of aryl methyl sites for hydroxylation is 1. The summed E-state index contributed by atoms with van der Waals surface area (Å²) < 4.78 is 1.80. The Morgan fingerprint density at radius 3 is 2.37 bits per heavy atom. The Kier molecular flexibility index (Phi) is 5.45. The Labute approximate surface area is 237 Å². The molecular formula is C31H31N9O. The Morgan fingerprint density at radius 1 is 0.927 bits per heavy atom. The number of rotatable bonds is 5. The molecule has 1 aromatic carbocycles. The zero-order valence-electron chi connectivity index (χ0n) is 22.9. The van der Waals surface area contributed by atoms with Crippen molar-refractivity contribution in [1.29, 1.82) is 0 Å². The molecule has 0 spiro atoms. The van der Waals surface area contributed by atoms with Crippen LogP contribution in [0.2, 0.25) is 0 Å². The van der Waals surface area contributed by atoms with Gasteiger partial charge in [-0.1, -0.05) is 36.4 Å². The van der Waals surface area contributed by atoms with E-state index in [0.29, 0.717) is 23.4 Å². The summed E-state index contributed by atoms with van der Waals surface area (Å²) >= 11 is 0. The number of aromatic nitrogens is 7. The number of benzene rings is 1. The van der Waals surface area contributed by atoms with Crippen LogP contribution >= 0.6 is 0 Å². The van der Waals surface area contributed by atoms with Crippen LogP contribution in [-0.2, 0) is 0 Å². The van der Waals surface area contributed by atoms with E-state index in [1.165, 1.54) is 0 Å². The molecule has 41 heavy (non-hydrogen) atoms. The SMILES string of the molecule is Cc1nnc(C(=O)N2C3CC[C@@H]2CC(c2nc4c(-c5ccc(-c6ccccc6)nc5)cnn4c(N)c2C2CC2)C3)[nH]1. The highest BCUT2D eigenvalue weighted by Crippen LogP contribution is 2.50. The first-order valence-corrected chi connectivity index (χ1v) is 14.5. The summed E-state index contributed by atoms with van der Waals surface area (Å²) in [5.74, 6) is 2.28. The number of H-pyrrole nitrogens is 1. The first-order valence-electron chi connectivity index (χ1n) is 14.5. The number of carbonyl (C=O) groups is 1. The van der Waals surface area contributed by atoms with Crippen LogP contribution in [0, 0.1) is 6.92 Å². The fourth-order valence-corrected chi connectivity index (χ4v) is 6.98. The van der Waals surface area contributed by atoms with E-state index in [2.05, 4.69) is 38.5 Å². The average molecular weight is 546 g/mol. The molecule has 10 heteroatoms. The lowest BCUT2D eigenvalue weighted by Gasteiger charge is -2.39. The molecule has 3 atom stereocenters. The Balaban J connectivity index is 1.15. The first-order chi connectivity index (χ1) is 20.0. The van der Waals surface area contributed by atoms with Crippen LogP contribution < -0.4 is 5.73 Å². The molecule has 3 fully saturated rings. The molecule has 5 aromatic rings. The minimum atomic E-state index is -0.0496. The van der Waals surface area contributed by atoms with Gasteiger partial charge in [-0.25, -0.2) is 4.98 Å². The molecular weight excluding hydrogens is 514 g/mol. The van der Waals surface area contributed by atoms with E-state index in [4.69, 9.17) is 15.7 Å². The maximum atomic E-state index is 13.4. The van der Waals surface area contributed by atoms with Crippen molar-refractivity contribution in [2.24, 2.45) is 0 Å². The van der Waals surface area contributed by atoms with E-state index >= 15 is 0 Å². The number of carbonyl (C=O) groups excluding carboxylic acids is 1.